The first-order chi connectivity index (χ1) is 14.1. The van der Waals surface area contributed by atoms with E-state index in [2.05, 4.69) is 53.8 Å². The first kappa shape index (κ1) is 19.8. The Kier molecular flexibility index (Phi) is 5.50. The van der Waals surface area contributed by atoms with Gasteiger partial charge in [0.05, 0.1) is 19.9 Å². The molecule has 0 radical (unpaired) electrons. The fraction of sp³-hybridized carbons (Fsp3) is 0.458. The topological polar surface area (TPSA) is 52.1 Å². The van der Waals surface area contributed by atoms with Crippen molar-refractivity contribution in [3.05, 3.63) is 59.7 Å². The lowest BCUT2D eigenvalue weighted by Crippen LogP contribution is -2.56. The highest BCUT2D eigenvalue weighted by Crippen LogP contribution is 2.54. The minimum atomic E-state index is -0.110. The van der Waals surface area contributed by atoms with Gasteiger partial charge in [-0.25, -0.2) is 0 Å². The van der Waals surface area contributed by atoms with E-state index in [0.29, 0.717) is 5.92 Å². The van der Waals surface area contributed by atoms with Crippen LogP contribution in [0.25, 0.3) is 0 Å². The summed E-state index contributed by atoms with van der Waals surface area (Å²) >= 11 is 0. The molecule has 2 aromatic carbocycles. The molecule has 5 nitrogen and oxygen atoms in total. The highest BCUT2D eigenvalue weighted by atomic mass is 16.6. The number of oxime groups is 1. The molecule has 29 heavy (non-hydrogen) atoms. The molecule has 2 aromatic rings. The van der Waals surface area contributed by atoms with Gasteiger partial charge in [0.15, 0.2) is 0 Å². The smallest absolute Gasteiger partial charge is 0.119 e. The van der Waals surface area contributed by atoms with Gasteiger partial charge in [-0.05, 0) is 48.2 Å². The number of nitrogens with zero attached hydrogens (tertiary/aromatic N) is 1. The summed E-state index contributed by atoms with van der Waals surface area (Å²) in [5, 5.41) is 8.56. The van der Waals surface area contributed by atoms with Crippen LogP contribution >= 0.6 is 0 Å². The molecule has 1 aliphatic carbocycles. The van der Waals surface area contributed by atoms with Gasteiger partial charge in [-0.2, -0.15) is 0 Å². The first-order valence-corrected chi connectivity index (χ1v) is 10.3. The molecule has 1 saturated heterocycles. The van der Waals surface area contributed by atoms with Gasteiger partial charge in [0.2, 0.25) is 0 Å². The predicted octanol–water partition coefficient (Wildman–Crippen LogP) is 4.90. The van der Waals surface area contributed by atoms with Crippen LogP contribution in [-0.4, -0.2) is 27.0 Å². The second-order valence-corrected chi connectivity index (χ2v) is 8.21. The van der Waals surface area contributed by atoms with Gasteiger partial charge in [0.1, 0.15) is 18.6 Å². The number of hydrogen-bond donors (Lipinski definition) is 1. The van der Waals surface area contributed by atoms with Crippen molar-refractivity contribution in [2.45, 2.75) is 38.3 Å². The van der Waals surface area contributed by atoms with Crippen LogP contribution in [-0.2, 0) is 4.84 Å². The van der Waals surface area contributed by atoms with E-state index in [1.807, 2.05) is 12.1 Å². The monoisotopic (exact) mass is 394 g/mol. The number of piperidine rings is 1. The zero-order valence-electron chi connectivity index (χ0n) is 17.6. The van der Waals surface area contributed by atoms with Gasteiger partial charge >= 0.3 is 0 Å². The maximum absolute atomic E-state index is 5.50. The van der Waals surface area contributed by atoms with Crippen molar-refractivity contribution < 1.29 is 14.3 Å². The molecule has 154 valence electrons. The minimum Gasteiger partial charge on any atom is -0.497 e. The van der Waals surface area contributed by atoms with Gasteiger partial charge in [0, 0.05) is 23.4 Å². The van der Waals surface area contributed by atoms with Gasteiger partial charge in [-0.3, -0.25) is 0 Å². The van der Waals surface area contributed by atoms with E-state index in [-0.39, 0.29) is 17.5 Å². The van der Waals surface area contributed by atoms with E-state index < -0.39 is 0 Å². The van der Waals surface area contributed by atoms with Crippen LogP contribution in [0.2, 0.25) is 0 Å². The number of fused-ring (bicyclic) bond motifs is 2. The highest BCUT2D eigenvalue weighted by Gasteiger charge is 2.53. The van der Waals surface area contributed by atoms with E-state index in [1.165, 1.54) is 17.5 Å². The average molecular weight is 395 g/mol. The van der Waals surface area contributed by atoms with Crippen molar-refractivity contribution in [3.8, 4) is 11.5 Å². The Morgan fingerprint density at radius 3 is 2.28 bits per heavy atom. The molecular formula is C24H30N2O3. The molecule has 1 saturated carbocycles. The lowest BCUT2D eigenvalue weighted by Gasteiger charge is -2.53. The van der Waals surface area contributed by atoms with Crippen molar-refractivity contribution in [2.24, 2.45) is 16.5 Å². The van der Waals surface area contributed by atoms with Gasteiger partial charge < -0.3 is 19.6 Å². The molecule has 4 unspecified atom stereocenters. The third-order valence-corrected chi connectivity index (χ3v) is 6.60. The van der Waals surface area contributed by atoms with Crippen LogP contribution in [0.3, 0.4) is 0 Å². The minimum absolute atomic E-state index is 0.110. The second-order valence-electron chi connectivity index (χ2n) is 8.21. The summed E-state index contributed by atoms with van der Waals surface area (Å²) in [6.07, 6.45) is 3.34. The van der Waals surface area contributed by atoms with Crippen LogP contribution in [0, 0.1) is 11.3 Å². The number of hydrogen-bond acceptors (Lipinski definition) is 5. The lowest BCUT2D eigenvalue weighted by molar-refractivity contribution is 0.135. The zero-order valence-corrected chi connectivity index (χ0v) is 17.6. The van der Waals surface area contributed by atoms with Crippen molar-refractivity contribution in [3.63, 3.8) is 0 Å². The fourth-order valence-corrected chi connectivity index (χ4v) is 5.19. The van der Waals surface area contributed by atoms with Crippen LogP contribution in [0.15, 0.2) is 53.7 Å². The van der Waals surface area contributed by atoms with Crippen LogP contribution in [0.5, 0.6) is 11.5 Å². The summed E-state index contributed by atoms with van der Waals surface area (Å²) in [7, 11) is 5.07. The molecule has 0 aromatic heterocycles. The third kappa shape index (κ3) is 3.48. The molecule has 0 spiro atoms. The molecule has 0 amide bonds. The Morgan fingerprint density at radius 2 is 1.62 bits per heavy atom. The molecule has 2 bridgehead atoms. The molecule has 4 rings (SSSR count). The summed E-state index contributed by atoms with van der Waals surface area (Å²) in [5.74, 6) is 2.04. The maximum atomic E-state index is 5.50. The largest absolute Gasteiger partial charge is 0.497 e. The second kappa shape index (κ2) is 8.07. The summed E-state index contributed by atoms with van der Waals surface area (Å²) in [6, 6.07) is 16.9. The van der Waals surface area contributed by atoms with E-state index in [1.54, 1.807) is 21.3 Å². The molecule has 1 N–H and O–H groups in total. The summed E-state index contributed by atoms with van der Waals surface area (Å²) in [5.41, 5.74) is 3.48. The van der Waals surface area contributed by atoms with Crippen LogP contribution in [0.4, 0.5) is 0 Å². The van der Waals surface area contributed by atoms with E-state index in [9.17, 15) is 0 Å². The lowest BCUT2D eigenvalue weighted by atomic mass is 9.58. The standard InChI is InChI=1S/C24H30N2O3/c1-24-13-7-12-20(23(24)26-29-4)21(16-8-5-10-18(14-16)27-2)25-22(24)17-9-6-11-19(15-17)28-3/h5-6,8-11,14-15,20-22,25H,7,12-13H2,1-4H3/b26-23+. The Hall–Kier alpha value is -2.53. The van der Waals surface area contributed by atoms with Crippen molar-refractivity contribution >= 4 is 5.71 Å². The molecule has 2 aliphatic rings. The Morgan fingerprint density at radius 1 is 0.966 bits per heavy atom. The highest BCUT2D eigenvalue weighted by molar-refractivity contribution is 5.94. The van der Waals surface area contributed by atoms with Gasteiger partial charge in [0.25, 0.3) is 0 Å². The number of benzene rings is 2. The van der Waals surface area contributed by atoms with Crippen molar-refractivity contribution in [2.75, 3.05) is 21.3 Å². The quantitative estimate of drug-likeness (QED) is 0.733. The number of ether oxygens (including phenoxy) is 2. The van der Waals surface area contributed by atoms with Crippen molar-refractivity contribution in [1.82, 2.24) is 5.32 Å². The zero-order chi connectivity index (χ0) is 20.4. The Labute approximate surface area is 173 Å². The number of rotatable bonds is 5. The summed E-state index contributed by atoms with van der Waals surface area (Å²) in [6.45, 7) is 2.32. The first-order valence-electron chi connectivity index (χ1n) is 10.3. The molecule has 4 atom stereocenters. The van der Waals surface area contributed by atoms with Crippen LogP contribution in [0.1, 0.15) is 49.4 Å². The summed E-state index contributed by atoms with van der Waals surface area (Å²) < 4.78 is 11.0. The predicted molar refractivity (Wildman–Crippen MR) is 114 cm³/mol. The number of nitrogens with one attached hydrogen (secondary N) is 1. The average Bonchev–Trinajstić information content (AvgIpc) is 2.75. The third-order valence-electron chi connectivity index (χ3n) is 6.60. The SMILES string of the molecule is CO/N=C1\C2CCCC1(C)C(c1cccc(OC)c1)NC2c1cccc(OC)c1. The molecule has 1 aliphatic heterocycles. The normalized spacial score (nSPS) is 30.1. The maximum Gasteiger partial charge on any atom is 0.119 e. The summed E-state index contributed by atoms with van der Waals surface area (Å²) in [4.78, 5) is 5.35. The number of methoxy groups -OCH3 is 2. The van der Waals surface area contributed by atoms with Gasteiger partial charge in [-0.15, -0.1) is 0 Å². The molecule has 2 fully saturated rings. The molecule has 1 heterocycles. The van der Waals surface area contributed by atoms with Crippen LogP contribution < -0.4 is 14.8 Å². The van der Waals surface area contributed by atoms with E-state index in [0.717, 1.165) is 30.1 Å². The Balaban J connectivity index is 1.82. The molecule has 5 heteroatoms. The van der Waals surface area contributed by atoms with E-state index >= 15 is 0 Å². The fourth-order valence-electron chi connectivity index (χ4n) is 5.19. The van der Waals surface area contributed by atoms with Gasteiger partial charge in [-0.1, -0.05) is 42.8 Å². The Bertz CT molecular complexity index is 897. The van der Waals surface area contributed by atoms with E-state index in [4.69, 9.17) is 14.3 Å². The van der Waals surface area contributed by atoms with Crippen molar-refractivity contribution in [1.29, 1.82) is 0 Å². The molecular weight excluding hydrogens is 364 g/mol.